The quantitative estimate of drug-likeness (QED) is 0.194. The molecule has 0 spiro atoms. The average Bonchev–Trinajstić information content (AvgIpc) is 3.17. The first-order valence-electron chi connectivity index (χ1n) is 9.16. The molecule has 0 N–H and O–H groups in total. The maximum atomic E-state index is 13.2. The number of halogens is 1. The number of carbonyl (C=O) groups is 1. The van der Waals surface area contributed by atoms with Gasteiger partial charge in [-0.3, -0.25) is 14.9 Å². The van der Waals surface area contributed by atoms with E-state index in [9.17, 15) is 14.9 Å². The molecule has 1 amide bonds. The molecule has 0 aliphatic rings. The number of hydrazone groups is 1. The lowest BCUT2D eigenvalue weighted by molar-refractivity contribution is -0.384. The van der Waals surface area contributed by atoms with Gasteiger partial charge in [-0.15, -0.1) is 0 Å². The van der Waals surface area contributed by atoms with Crippen molar-refractivity contribution in [1.29, 1.82) is 0 Å². The summed E-state index contributed by atoms with van der Waals surface area (Å²) in [6.07, 6.45) is 1.48. The molecule has 0 aliphatic heterocycles. The van der Waals surface area contributed by atoms with Gasteiger partial charge in [-0.2, -0.15) is 10.1 Å². The molecule has 7 nitrogen and oxygen atoms in total. The van der Waals surface area contributed by atoms with Crippen molar-refractivity contribution < 1.29 is 9.72 Å². The molecule has 0 saturated carbocycles. The van der Waals surface area contributed by atoms with Gasteiger partial charge in [-0.25, -0.2) is 4.98 Å². The molecule has 0 radical (unpaired) electrons. The van der Waals surface area contributed by atoms with E-state index in [1.807, 2.05) is 25.1 Å². The van der Waals surface area contributed by atoms with Crippen molar-refractivity contribution in [2.75, 3.05) is 5.01 Å². The Kier molecular flexibility index (Phi) is 5.88. The normalized spacial score (nSPS) is 11.2. The van der Waals surface area contributed by atoms with Crippen LogP contribution in [0.2, 0.25) is 0 Å². The smallest absolute Gasteiger partial charge is 0.267 e. The highest BCUT2D eigenvalue weighted by molar-refractivity contribution is 9.10. The Morgan fingerprint density at radius 1 is 1.13 bits per heavy atom. The number of carbonyl (C=O) groups excluding carboxylic acids is 1. The van der Waals surface area contributed by atoms with Crippen LogP contribution in [0, 0.1) is 17.0 Å². The van der Waals surface area contributed by atoms with E-state index in [2.05, 4.69) is 26.0 Å². The maximum Gasteiger partial charge on any atom is 0.280 e. The van der Waals surface area contributed by atoms with Crippen LogP contribution < -0.4 is 5.01 Å². The third-order valence-electron chi connectivity index (χ3n) is 4.42. The van der Waals surface area contributed by atoms with E-state index >= 15 is 0 Å². The summed E-state index contributed by atoms with van der Waals surface area (Å²) in [5.41, 5.74) is 2.95. The zero-order chi connectivity index (χ0) is 22.0. The number of rotatable bonds is 5. The van der Waals surface area contributed by atoms with Crippen LogP contribution in [0.1, 0.15) is 21.5 Å². The topological polar surface area (TPSA) is 88.7 Å². The molecule has 9 heteroatoms. The second-order valence-corrected chi connectivity index (χ2v) is 8.61. The van der Waals surface area contributed by atoms with Gasteiger partial charge < -0.3 is 0 Å². The molecule has 31 heavy (non-hydrogen) atoms. The summed E-state index contributed by atoms with van der Waals surface area (Å²) < 4.78 is 1.81. The van der Waals surface area contributed by atoms with Gasteiger partial charge in [0.2, 0.25) is 5.13 Å². The van der Waals surface area contributed by atoms with Crippen LogP contribution in [0.3, 0.4) is 0 Å². The molecule has 0 saturated heterocycles. The third kappa shape index (κ3) is 4.68. The lowest BCUT2D eigenvalue weighted by Crippen LogP contribution is -2.25. The minimum Gasteiger partial charge on any atom is -0.267 e. The third-order valence-corrected chi connectivity index (χ3v) is 5.95. The van der Waals surface area contributed by atoms with Gasteiger partial charge in [-0.05, 0) is 66.6 Å². The lowest BCUT2D eigenvalue weighted by Gasteiger charge is -2.14. The van der Waals surface area contributed by atoms with Crippen LogP contribution in [-0.2, 0) is 0 Å². The van der Waals surface area contributed by atoms with E-state index in [-0.39, 0.29) is 11.6 Å². The van der Waals surface area contributed by atoms with E-state index in [0.29, 0.717) is 16.3 Å². The maximum absolute atomic E-state index is 13.2. The molecule has 0 fully saturated rings. The number of fused-ring (bicyclic) bond motifs is 1. The summed E-state index contributed by atoms with van der Waals surface area (Å²) in [6.45, 7) is 2.00. The first kappa shape index (κ1) is 20.8. The number of nitrogens with zero attached hydrogens (tertiary/aromatic N) is 4. The average molecular weight is 495 g/mol. The van der Waals surface area contributed by atoms with Gasteiger partial charge in [-0.1, -0.05) is 33.3 Å². The van der Waals surface area contributed by atoms with Gasteiger partial charge in [0, 0.05) is 22.2 Å². The van der Waals surface area contributed by atoms with Gasteiger partial charge in [0.05, 0.1) is 21.4 Å². The molecule has 4 aromatic rings. The van der Waals surface area contributed by atoms with Crippen LogP contribution in [0.25, 0.3) is 10.2 Å². The second kappa shape index (κ2) is 8.75. The Balaban J connectivity index is 1.73. The summed E-state index contributed by atoms with van der Waals surface area (Å²) in [7, 11) is 0. The number of hydrogen-bond acceptors (Lipinski definition) is 6. The Bertz CT molecular complexity index is 1300. The fourth-order valence-electron chi connectivity index (χ4n) is 2.82. The number of thiazole rings is 1. The van der Waals surface area contributed by atoms with Crippen molar-refractivity contribution in [3.63, 3.8) is 0 Å². The van der Waals surface area contributed by atoms with E-state index in [0.717, 1.165) is 20.3 Å². The van der Waals surface area contributed by atoms with Crippen LogP contribution >= 0.6 is 27.3 Å². The van der Waals surface area contributed by atoms with Crippen molar-refractivity contribution in [2.24, 2.45) is 5.10 Å². The van der Waals surface area contributed by atoms with E-state index in [4.69, 9.17) is 0 Å². The molecule has 1 aromatic heterocycles. The zero-order valence-corrected chi connectivity index (χ0v) is 18.6. The molecular weight excluding hydrogens is 480 g/mol. The summed E-state index contributed by atoms with van der Waals surface area (Å²) in [4.78, 5) is 28.2. The van der Waals surface area contributed by atoms with Gasteiger partial charge in [0.1, 0.15) is 0 Å². The molecule has 154 valence electrons. The molecule has 0 aliphatic carbocycles. The summed E-state index contributed by atoms with van der Waals surface area (Å²) in [6, 6.07) is 18.8. The summed E-state index contributed by atoms with van der Waals surface area (Å²) >= 11 is 4.74. The van der Waals surface area contributed by atoms with Crippen LogP contribution in [-0.4, -0.2) is 22.0 Å². The predicted molar refractivity (Wildman–Crippen MR) is 126 cm³/mol. The molecule has 1 heterocycles. The van der Waals surface area contributed by atoms with Gasteiger partial charge >= 0.3 is 0 Å². The highest BCUT2D eigenvalue weighted by Gasteiger charge is 2.21. The first-order valence-corrected chi connectivity index (χ1v) is 10.8. The number of anilines is 1. The summed E-state index contributed by atoms with van der Waals surface area (Å²) in [5.74, 6) is -0.332. The highest BCUT2D eigenvalue weighted by Crippen LogP contribution is 2.31. The zero-order valence-electron chi connectivity index (χ0n) is 16.2. The molecule has 4 rings (SSSR count). The van der Waals surface area contributed by atoms with Crippen molar-refractivity contribution >= 4 is 60.4 Å². The van der Waals surface area contributed by atoms with Crippen molar-refractivity contribution in [3.05, 3.63) is 98.0 Å². The van der Waals surface area contributed by atoms with E-state index in [1.165, 1.54) is 34.7 Å². The largest absolute Gasteiger partial charge is 0.280 e. The number of nitro benzene ring substituents is 1. The van der Waals surface area contributed by atoms with Crippen molar-refractivity contribution in [2.45, 2.75) is 6.92 Å². The fourth-order valence-corrected chi connectivity index (χ4v) is 4.10. The minimum atomic E-state index is -0.465. The number of non-ortho nitro benzene ring substituents is 1. The Morgan fingerprint density at radius 3 is 2.52 bits per heavy atom. The number of hydrogen-bond donors (Lipinski definition) is 0. The number of aryl methyl sites for hydroxylation is 1. The standard InChI is InChI=1S/C22H15BrN4O3S/c1-14-2-11-19-20(12-14)31-22(25-19)26(21(28)16-5-7-17(23)8-6-16)24-13-15-3-9-18(10-4-15)27(29)30/h2-13H,1H3/b24-13+. The molecule has 0 atom stereocenters. The van der Waals surface area contributed by atoms with Gasteiger partial charge in [0.25, 0.3) is 11.6 Å². The molecule has 3 aromatic carbocycles. The number of amides is 1. The molecule has 0 bridgehead atoms. The Labute approximate surface area is 189 Å². The number of aromatic nitrogens is 1. The van der Waals surface area contributed by atoms with Crippen molar-refractivity contribution in [1.82, 2.24) is 4.98 Å². The lowest BCUT2D eigenvalue weighted by atomic mass is 10.2. The van der Waals surface area contributed by atoms with Crippen molar-refractivity contribution in [3.8, 4) is 0 Å². The summed E-state index contributed by atoms with van der Waals surface area (Å²) in [5, 5.41) is 16.9. The second-order valence-electron chi connectivity index (χ2n) is 6.68. The SMILES string of the molecule is Cc1ccc2nc(N(/N=C/c3ccc([N+](=O)[O-])cc3)C(=O)c3ccc(Br)cc3)sc2c1. The Morgan fingerprint density at radius 2 is 1.84 bits per heavy atom. The van der Waals surface area contributed by atoms with Crippen LogP contribution in [0.5, 0.6) is 0 Å². The fraction of sp³-hybridized carbons (Fsp3) is 0.0455. The van der Waals surface area contributed by atoms with Crippen LogP contribution in [0.15, 0.2) is 76.3 Å². The number of nitro groups is 1. The highest BCUT2D eigenvalue weighted by atomic mass is 79.9. The Hall–Kier alpha value is -3.43. The van der Waals surface area contributed by atoms with E-state index in [1.54, 1.807) is 36.4 Å². The predicted octanol–water partition coefficient (Wildman–Crippen LogP) is 5.96. The first-order chi connectivity index (χ1) is 14.9. The molecule has 0 unspecified atom stereocenters. The minimum absolute atomic E-state index is 0.0125. The monoisotopic (exact) mass is 494 g/mol. The van der Waals surface area contributed by atoms with E-state index < -0.39 is 4.92 Å². The van der Waals surface area contributed by atoms with Crippen LogP contribution in [0.4, 0.5) is 10.8 Å². The number of benzene rings is 3. The van der Waals surface area contributed by atoms with Gasteiger partial charge in [0.15, 0.2) is 0 Å². The molecular formula is C22H15BrN4O3S.